The van der Waals surface area contributed by atoms with Gasteiger partial charge in [0.1, 0.15) is 17.4 Å². The van der Waals surface area contributed by atoms with Crippen LogP contribution in [0.1, 0.15) is 54.4 Å². The van der Waals surface area contributed by atoms with Gasteiger partial charge < -0.3 is 19.5 Å². The van der Waals surface area contributed by atoms with Crippen molar-refractivity contribution in [2.75, 3.05) is 13.1 Å². The zero-order chi connectivity index (χ0) is 18.3. The summed E-state index contributed by atoms with van der Waals surface area (Å²) >= 11 is 0. The summed E-state index contributed by atoms with van der Waals surface area (Å²) in [6.45, 7) is 11.7. The lowest BCUT2D eigenvalue weighted by molar-refractivity contribution is -0.139. The molecule has 2 rings (SSSR count). The zero-order valence-electron chi connectivity index (χ0n) is 15.5. The van der Waals surface area contributed by atoms with Gasteiger partial charge in [-0.2, -0.15) is 0 Å². The molecule has 2 aliphatic heterocycles. The van der Waals surface area contributed by atoms with E-state index in [9.17, 15) is 14.7 Å². The summed E-state index contributed by atoms with van der Waals surface area (Å²) in [5.41, 5.74) is -1.57. The Hall–Kier alpha value is -1.34. The number of ether oxygens (including phenoxy) is 2. The number of carbonyl (C=O) groups is 2. The third-order valence-electron chi connectivity index (χ3n) is 4.40. The Bertz CT molecular complexity index is 492. The molecule has 2 amide bonds. The van der Waals surface area contributed by atoms with Crippen LogP contribution in [-0.2, 0) is 14.3 Å². The van der Waals surface area contributed by atoms with Crippen LogP contribution in [0.2, 0.25) is 0 Å². The predicted molar refractivity (Wildman–Crippen MR) is 88.3 cm³/mol. The number of nitrogens with zero attached hydrogens (tertiary/aromatic N) is 2. The normalized spacial score (nSPS) is 28.1. The molecule has 24 heavy (non-hydrogen) atoms. The molecule has 0 unspecified atom stereocenters. The van der Waals surface area contributed by atoms with Crippen molar-refractivity contribution in [3.05, 3.63) is 0 Å². The van der Waals surface area contributed by atoms with Crippen molar-refractivity contribution in [1.82, 2.24) is 9.80 Å². The zero-order valence-corrected chi connectivity index (χ0v) is 15.5. The Balaban J connectivity index is 2.21. The van der Waals surface area contributed by atoms with Gasteiger partial charge in [-0.3, -0.25) is 9.69 Å². The highest BCUT2D eigenvalue weighted by Crippen LogP contribution is 2.34. The van der Waals surface area contributed by atoms with Crippen LogP contribution in [0.25, 0.3) is 0 Å². The van der Waals surface area contributed by atoms with E-state index in [4.69, 9.17) is 9.47 Å². The Morgan fingerprint density at radius 3 is 2.25 bits per heavy atom. The summed E-state index contributed by atoms with van der Waals surface area (Å²) in [6, 6.07) is -0.718. The molecule has 2 saturated heterocycles. The predicted octanol–water partition coefficient (Wildman–Crippen LogP) is 1.73. The first-order valence-electron chi connectivity index (χ1n) is 8.59. The maximum Gasteiger partial charge on any atom is 0.413 e. The number of amides is 2. The van der Waals surface area contributed by atoms with Crippen LogP contribution in [0.5, 0.6) is 0 Å². The summed E-state index contributed by atoms with van der Waals surface area (Å²) < 4.78 is 11.4. The van der Waals surface area contributed by atoms with Gasteiger partial charge in [0, 0.05) is 13.1 Å². The van der Waals surface area contributed by atoms with Crippen LogP contribution in [0.15, 0.2) is 0 Å². The number of piperidine rings is 1. The van der Waals surface area contributed by atoms with Crippen molar-refractivity contribution in [1.29, 1.82) is 0 Å². The van der Waals surface area contributed by atoms with Crippen molar-refractivity contribution < 1.29 is 24.2 Å². The molecule has 0 spiro atoms. The first-order valence-corrected chi connectivity index (χ1v) is 8.59. The van der Waals surface area contributed by atoms with E-state index in [1.807, 2.05) is 0 Å². The molecule has 0 aromatic heterocycles. The van der Waals surface area contributed by atoms with Crippen molar-refractivity contribution in [3.63, 3.8) is 0 Å². The van der Waals surface area contributed by atoms with Crippen LogP contribution in [0.3, 0.4) is 0 Å². The lowest BCUT2D eigenvalue weighted by Crippen LogP contribution is -2.57. The van der Waals surface area contributed by atoms with Gasteiger partial charge in [-0.25, -0.2) is 4.79 Å². The average Bonchev–Trinajstić information content (AvgIpc) is 2.66. The number of hydrogen-bond acceptors (Lipinski definition) is 5. The highest BCUT2D eigenvalue weighted by molar-refractivity contribution is 5.87. The Morgan fingerprint density at radius 1 is 1.21 bits per heavy atom. The minimum atomic E-state index is -0.919. The van der Waals surface area contributed by atoms with Gasteiger partial charge in [0.15, 0.2) is 0 Å². The maximum absolute atomic E-state index is 13.0. The van der Waals surface area contributed by atoms with E-state index in [0.717, 1.165) is 0 Å². The van der Waals surface area contributed by atoms with Crippen molar-refractivity contribution >= 4 is 12.0 Å². The lowest BCUT2D eigenvalue weighted by Gasteiger charge is -2.37. The first kappa shape index (κ1) is 19.0. The van der Waals surface area contributed by atoms with Crippen LogP contribution in [-0.4, -0.2) is 69.6 Å². The minimum Gasteiger partial charge on any atom is -0.444 e. The Labute approximate surface area is 143 Å². The summed E-state index contributed by atoms with van der Waals surface area (Å²) in [5, 5.41) is 9.63. The van der Waals surface area contributed by atoms with E-state index < -0.39 is 29.6 Å². The maximum atomic E-state index is 13.0. The molecule has 7 heteroatoms. The Kier molecular flexibility index (Phi) is 5.16. The number of rotatable bonds is 1. The van der Waals surface area contributed by atoms with Gasteiger partial charge in [-0.15, -0.1) is 0 Å². The topological polar surface area (TPSA) is 79.3 Å². The van der Waals surface area contributed by atoms with Crippen LogP contribution in [0, 0.1) is 0 Å². The van der Waals surface area contributed by atoms with Gasteiger partial charge in [-0.05, 0) is 54.4 Å². The molecular weight excluding hydrogens is 312 g/mol. The van der Waals surface area contributed by atoms with Gasteiger partial charge in [0.2, 0.25) is 5.91 Å². The van der Waals surface area contributed by atoms with Gasteiger partial charge in [-0.1, -0.05) is 0 Å². The third-order valence-corrected chi connectivity index (χ3v) is 4.40. The van der Waals surface area contributed by atoms with Crippen molar-refractivity contribution in [3.8, 4) is 0 Å². The van der Waals surface area contributed by atoms with E-state index in [0.29, 0.717) is 25.9 Å². The molecule has 0 bridgehead atoms. The number of hydrogen-bond donors (Lipinski definition) is 1. The second kappa shape index (κ2) is 6.52. The molecule has 2 heterocycles. The first-order chi connectivity index (χ1) is 10.9. The van der Waals surface area contributed by atoms with Crippen LogP contribution in [0.4, 0.5) is 4.79 Å². The summed E-state index contributed by atoms with van der Waals surface area (Å²) in [4.78, 5) is 28.8. The summed E-state index contributed by atoms with van der Waals surface area (Å²) in [6.07, 6.45) is -0.212. The van der Waals surface area contributed by atoms with Crippen molar-refractivity contribution in [2.45, 2.75) is 84.0 Å². The number of carbonyl (C=O) groups excluding carboxylic acids is 2. The number of likely N-dealkylation sites (tertiary alicyclic amines) is 1. The molecule has 0 aliphatic carbocycles. The highest BCUT2D eigenvalue weighted by Gasteiger charge is 2.53. The van der Waals surface area contributed by atoms with Gasteiger partial charge in [0.25, 0.3) is 0 Å². The molecule has 0 saturated carbocycles. The molecule has 2 atom stereocenters. The minimum absolute atomic E-state index is 0.147. The van der Waals surface area contributed by atoms with Gasteiger partial charge in [0.05, 0.1) is 12.2 Å². The molecule has 7 nitrogen and oxygen atoms in total. The molecular formula is C17H30N2O5. The Morgan fingerprint density at radius 2 is 1.75 bits per heavy atom. The smallest absolute Gasteiger partial charge is 0.413 e. The molecule has 0 radical (unpaired) electrons. The fourth-order valence-electron chi connectivity index (χ4n) is 3.35. The standard InChI is InChI=1S/C17H30N2O5/c1-11-13(14(21)18-9-7-12(20)8-10-18)19(17(5,6)23-11)15(22)24-16(2,3)4/h11-13,20H,7-10H2,1-6H3/t11-,13-/m0/s1. The van der Waals surface area contributed by atoms with Gasteiger partial charge >= 0.3 is 6.09 Å². The SMILES string of the molecule is C[C@@H]1OC(C)(C)N(C(=O)OC(C)(C)C)[C@@H]1C(=O)N1CCC(O)CC1. The number of aliphatic hydroxyl groups is 1. The van der Waals surface area contributed by atoms with Crippen LogP contribution >= 0.6 is 0 Å². The molecule has 2 fully saturated rings. The number of aliphatic hydroxyl groups excluding tert-OH is 1. The van der Waals surface area contributed by atoms with E-state index in [1.165, 1.54) is 4.90 Å². The van der Waals surface area contributed by atoms with E-state index in [2.05, 4.69) is 0 Å². The molecule has 138 valence electrons. The molecule has 0 aromatic rings. The third kappa shape index (κ3) is 4.00. The fourth-order valence-corrected chi connectivity index (χ4v) is 3.35. The van der Waals surface area contributed by atoms with E-state index >= 15 is 0 Å². The summed E-state index contributed by atoms with van der Waals surface area (Å²) in [7, 11) is 0. The molecule has 1 N–H and O–H groups in total. The van der Waals surface area contributed by atoms with Crippen molar-refractivity contribution in [2.24, 2.45) is 0 Å². The van der Waals surface area contributed by atoms with E-state index in [-0.39, 0.29) is 12.0 Å². The largest absolute Gasteiger partial charge is 0.444 e. The quantitative estimate of drug-likeness (QED) is 0.785. The second-order valence-electron chi connectivity index (χ2n) is 8.12. The highest BCUT2D eigenvalue weighted by atomic mass is 16.6. The van der Waals surface area contributed by atoms with Crippen LogP contribution < -0.4 is 0 Å². The second-order valence-corrected chi connectivity index (χ2v) is 8.12. The average molecular weight is 342 g/mol. The molecule has 0 aromatic carbocycles. The summed E-state index contributed by atoms with van der Waals surface area (Å²) in [5.74, 6) is -0.147. The molecule has 2 aliphatic rings. The van der Waals surface area contributed by atoms with E-state index in [1.54, 1.807) is 46.4 Å². The fraction of sp³-hybridized carbons (Fsp3) is 0.882. The lowest BCUT2D eigenvalue weighted by atomic mass is 10.0. The monoisotopic (exact) mass is 342 g/mol.